The summed E-state index contributed by atoms with van der Waals surface area (Å²) in [6.45, 7) is 2.00. The lowest BCUT2D eigenvalue weighted by molar-refractivity contribution is -0.121. The van der Waals surface area contributed by atoms with Crippen molar-refractivity contribution in [1.82, 2.24) is 0 Å². The zero-order valence-corrected chi connectivity index (χ0v) is 14.0. The number of hydrogen-bond donors (Lipinski definition) is 1. The molecule has 6 heteroatoms. The lowest BCUT2D eigenvalue weighted by Gasteiger charge is -2.19. The first-order valence-corrected chi connectivity index (χ1v) is 8.49. The zero-order chi connectivity index (χ0) is 18.3. The predicted octanol–water partition coefficient (Wildman–Crippen LogP) is 3.27. The second-order valence-corrected chi connectivity index (χ2v) is 6.39. The number of aliphatic hydroxyl groups excluding tert-OH is 1. The van der Waals surface area contributed by atoms with Gasteiger partial charge >= 0.3 is 5.91 Å². The molecule has 0 spiro atoms. The molecule has 4 rings (SSSR count). The standard InChI is InChI=1S/C20H17FN2O3/c21-14-5-3-13(4-6-14)17-18(24)20(26)23(19(17)25)16-9-7-15(8-10-16)22-11-1-2-12-22/h3-10,24H,1-2,11-12H2. The number of carbonyl (C=O) groups excluding carboxylic acids is 2. The van der Waals surface area contributed by atoms with Gasteiger partial charge in [0.05, 0.1) is 11.3 Å². The van der Waals surface area contributed by atoms with Crippen LogP contribution >= 0.6 is 0 Å². The summed E-state index contributed by atoms with van der Waals surface area (Å²) in [7, 11) is 0. The lowest BCUT2D eigenvalue weighted by Crippen LogP contribution is -2.31. The van der Waals surface area contributed by atoms with Gasteiger partial charge in [-0.25, -0.2) is 9.29 Å². The third kappa shape index (κ3) is 2.63. The number of hydrogen-bond acceptors (Lipinski definition) is 4. The Morgan fingerprint density at radius 3 is 2.00 bits per heavy atom. The minimum Gasteiger partial charge on any atom is -0.502 e. The molecule has 2 aliphatic rings. The van der Waals surface area contributed by atoms with Crippen LogP contribution in [0.5, 0.6) is 0 Å². The molecule has 2 aromatic carbocycles. The summed E-state index contributed by atoms with van der Waals surface area (Å²) in [5.41, 5.74) is 1.63. The van der Waals surface area contributed by atoms with E-state index in [4.69, 9.17) is 0 Å². The monoisotopic (exact) mass is 352 g/mol. The topological polar surface area (TPSA) is 60.9 Å². The smallest absolute Gasteiger partial charge is 0.301 e. The second-order valence-electron chi connectivity index (χ2n) is 6.39. The quantitative estimate of drug-likeness (QED) is 0.862. The maximum absolute atomic E-state index is 13.1. The summed E-state index contributed by atoms with van der Waals surface area (Å²) < 4.78 is 13.1. The van der Waals surface area contributed by atoms with E-state index in [1.54, 1.807) is 12.1 Å². The number of aliphatic hydroxyl groups is 1. The molecular weight excluding hydrogens is 335 g/mol. The fourth-order valence-corrected chi connectivity index (χ4v) is 3.42. The zero-order valence-electron chi connectivity index (χ0n) is 14.0. The van der Waals surface area contributed by atoms with Crippen molar-refractivity contribution in [3.05, 3.63) is 65.7 Å². The number of imide groups is 1. The van der Waals surface area contributed by atoms with Crippen LogP contribution in [0.4, 0.5) is 15.8 Å². The van der Waals surface area contributed by atoms with Crippen LogP contribution in [-0.4, -0.2) is 30.0 Å². The third-order valence-corrected chi connectivity index (χ3v) is 4.77. The van der Waals surface area contributed by atoms with Crippen molar-refractivity contribution in [1.29, 1.82) is 0 Å². The SMILES string of the molecule is O=C1C(O)=C(c2ccc(F)cc2)C(=O)N1c1ccc(N2CCCC2)cc1. The number of nitrogens with zero attached hydrogens (tertiary/aromatic N) is 2. The number of halogens is 1. The van der Waals surface area contributed by atoms with Gasteiger partial charge in [-0.15, -0.1) is 0 Å². The van der Waals surface area contributed by atoms with Gasteiger partial charge in [-0.3, -0.25) is 9.59 Å². The molecule has 26 heavy (non-hydrogen) atoms. The van der Waals surface area contributed by atoms with Gasteiger partial charge < -0.3 is 10.0 Å². The van der Waals surface area contributed by atoms with Crippen LogP contribution in [0.2, 0.25) is 0 Å². The fourth-order valence-electron chi connectivity index (χ4n) is 3.42. The first-order valence-electron chi connectivity index (χ1n) is 8.49. The molecule has 0 aliphatic carbocycles. The summed E-state index contributed by atoms with van der Waals surface area (Å²) in [5.74, 6) is -2.47. The number of amides is 2. The van der Waals surface area contributed by atoms with Gasteiger partial charge in [0, 0.05) is 18.8 Å². The number of carbonyl (C=O) groups is 2. The van der Waals surface area contributed by atoms with E-state index in [2.05, 4.69) is 4.90 Å². The molecule has 1 saturated heterocycles. The molecule has 2 aliphatic heterocycles. The van der Waals surface area contributed by atoms with Crippen LogP contribution < -0.4 is 9.80 Å². The van der Waals surface area contributed by atoms with Crippen LogP contribution in [0.1, 0.15) is 18.4 Å². The summed E-state index contributed by atoms with van der Waals surface area (Å²) in [5, 5.41) is 10.2. The minimum absolute atomic E-state index is 0.112. The van der Waals surface area contributed by atoms with Gasteiger partial charge in [-0.05, 0) is 54.8 Å². The van der Waals surface area contributed by atoms with E-state index in [1.807, 2.05) is 12.1 Å². The van der Waals surface area contributed by atoms with Gasteiger partial charge in [0.15, 0.2) is 5.76 Å². The van der Waals surface area contributed by atoms with Crippen molar-refractivity contribution in [3.63, 3.8) is 0 Å². The van der Waals surface area contributed by atoms with E-state index in [9.17, 15) is 19.1 Å². The molecule has 1 N–H and O–H groups in total. The van der Waals surface area contributed by atoms with Gasteiger partial charge in [0.25, 0.3) is 5.91 Å². The largest absolute Gasteiger partial charge is 0.502 e. The van der Waals surface area contributed by atoms with E-state index in [0.29, 0.717) is 11.3 Å². The highest BCUT2D eigenvalue weighted by atomic mass is 19.1. The Balaban J connectivity index is 1.63. The molecule has 2 aromatic rings. The predicted molar refractivity (Wildman–Crippen MR) is 96.3 cm³/mol. The average Bonchev–Trinajstić information content (AvgIpc) is 3.25. The molecule has 0 radical (unpaired) electrons. The molecule has 132 valence electrons. The number of benzene rings is 2. The van der Waals surface area contributed by atoms with E-state index in [0.717, 1.165) is 36.5 Å². The Hall–Kier alpha value is -3.15. The van der Waals surface area contributed by atoms with Crippen LogP contribution in [0.15, 0.2) is 54.3 Å². The Kier molecular flexibility index (Phi) is 3.95. The first-order chi connectivity index (χ1) is 12.6. The Bertz CT molecular complexity index is 898. The Morgan fingerprint density at radius 2 is 1.38 bits per heavy atom. The summed E-state index contributed by atoms with van der Waals surface area (Å²) in [4.78, 5) is 28.4. The molecule has 0 atom stereocenters. The van der Waals surface area contributed by atoms with E-state index < -0.39 is 23.4 Å². The van der Waals surface area contributed by atoms with Crippen molar-refractivity contribution < 1.29 is 19.1 Å². The van der Waals surface area contributed by atoms with E-state index >= 15 is 0 Å². The molecular formula is C20H17FN2O3. The van der Waals surface area contributed by atoms with Crippen LogP contribution in [0.3, 0.4) is 0 Å². The highest BCUT2D eigenvalue weighted by Crippen LogP contribution is 2.33. The minimum atomic E-state index is -0.775. The normalized spacial score (nSPS) is 17.6. The van der Waals surface area contributed by atoms with Gasteiger partial charge in [0.2, 0.25) is 0 Å². The van der Waals surface area contributed by atoms with Gasteiger partial charge in [0.1, 0.15) is 5.82 Å². The Morgan fingerprint density at radius 1 is 0.808 bits per heavy atom. The van der Waals surface area contributed by atoms with Crippen molar-refractivity contribution in [2.45, 2.75) is 12.8 Å². The number of rotatable bonds is 3. The van der Waals surface area contributed by atoms with Crippen LogP contribution in [0.25, 0.3) is 5.57 Å². The van der Waals surface area contributed by atoms with Crippen molar-refractivity contribution in [2.24, 2.45) is 0 Å². The van der Waals surface area contributed by atoms with Gasteiger partial charge in [-0.2, -0.15) is 0 Å². The molecule has 2 heterocycles. The van der Waals surface area contributed by atoms with Crippen molar-refractivity contribution in [3.8, 4) is 0 Å². The first kappa shape index (κ1) is 16.3. The summed E-state index contributed by atoms with van der Waals surface area (Å²) in [6, 6.07) is 12.2. The lowest BCUT2D eigenvalue weighted by atomic mass is 10.1. The maximum Gasteiger partial charge on any atom is 0.301 e. The molecule has 0 saturated carbocycles. The molecule has 5 nitrogen and oxygen atoms in total. The van der Waals surface area contributed by atoms with Gasteiger partial charge in [-0.1, -0.05) is 12.1 Å². The highest BCUT2D eigenvalue weighted by Gasteiger charge is 2.40. The molecule has 0 aromatic heterocycles. The van der Waals surface area contributed by atoms with E-state index in [1.165, 1.54) is 24.3 Å². The van der Waals surface area contributed by atoms with Crippen molar-refractivity contribution in [2.75, 3.05) is 22.9 Å². The summed E-state index contributed by atoms with van der Waals surface area (Å²) in [6.07, 6.45) is 2.31. The molecule has 0 unspecified atom stereocenters. The molecule has 0 bridgehead atoms. The van der Waals surface area contributed by atoms with Crippen LogP contribution in [-0.2, 0) is 9.59 Å². The number of anilines is 2. The van der Waals surface area contributed by atoms with Crippen LogP contribution in [0, 0.1) is 5.82 Å². The summed E-state index contributed by atoms with van der Waals surface area (Å²) >= 11 is 0. The van der Waals surface area contributed by atoms with Crippen molar-refractivity contribution >= 4 is 28.8 Å². The second kappa shape index (κ2) is 6.29. The average molecular weight is 352 g/mol. The molecule has 1 fully saturated rings. The van der Waals surface area contributed by atoms with E-state index in [-0.39, 0.29) is 5.57 Å². The maximum atomic E-state index is 13.1. The third-order valence-electron chi connectivity index (χ3n) is 4.77. The Labute approximate surface area is 150 Å². The highest BCUT2D eigenvalue weighted by molar-refractivity contribution is 6.44. The fraction of sp³-hybridized carbons (Fsp3) is 0.200. The molecule has 2 amide bonds.